The van der Waals surface area contributed by atoms with Crippen LogP contribution in [-0.4, -0.2) is 18.7 Å². The lowest BCUT2D eigenvalue weighted by Gasteiger charge is -2.07. The maximum atomic E-state index is 11.8. The van der Waals surface area contributed by atoms with E-state index in [-0.39, 0.29) is 5.91 Å². The largest absolute Gasteiger partial charge is 0.494 e. The minimum absolute atomic E-state index is 0.226. The molecule has 0 atom stereocenters. The van der Waals surface area contributed by atoms with Gasteiger partial charge in [-0.1, -0.05) is 32.0 Å². The normalized spacial score (nSPS) is 10.9. The van der Waals surface area contributed by atoms with Crippen LogP contribution in [0.4, 0.5) is 0 Å². The van der Waals surface area contributed by atoms with Crippen molar-refractivity contribution in [3.8, 4) is 5.75 Å². The first kappa shape index (κ1) is 16.7. The molecular weight excluding hydrogens is 288 g/mol. The summed E-state index contributed by atoms with van der Waals surface area (Å²) in [6.45, 7) is 5.07. The van der Waals surface area contributed by atoms with Crippen molar-refractivity contribution in [1.29, 1.82) is 0 Å². The van der Waals surface area contributed by atoms with Crippen LogP contribution >= 0.6 is 0 Å². The molecule has 0 aliphatic carbocycles. The number of nitrogens with zero attached hydrogens (tertiary/aromatic N) is 1. The van der Waals surface area contributed by atoms with Crippen molar-refractivity contribution in [3.63, 3.8) is 0 Å². The van der Waals surface area contributed by atoms with E-state index in [0.717, 1.165) is 24.3 Å². The molecule has 23 heavy (non-hydrogen) atoms. The third-order valence-corrected chi connectivity index (χ3v) is 3.26. The Labute approximate surface area is 137 Å². The number of amides is 1. The lowest BCUT2D eigenvalue weighted by Crippen LogP contribution is -2.17. The average molecular weight is 310 g/mol. The van der Waals surface area contributed by atoms with Gasteiger partial charge in [0, 0.05) is 5.56 Å². The second-order valence-electron chi connectivity index (χ2n) is 5.67. The minimum Gasteiger partial charge on any atom is -0.494 e. The van der Waals surface area contributed by atoms with Crippen LogP contribution in [0.2, 0.25) is 0 Å². The number of hydrogen-bond acceptors (Lipinski definition) is 3. The zero-order valence-corrected chi connectivity index (χ0v) is 13.5. The number of ether oxygens (including phenoxy) is 1. The summed E-state index contributed by atoms with van der Waals surface area (Å²) in [5, 5.41) is 3.97. The molecular formula is C19H22N2O2. The fourth-order valence-corrected chi connectivity index (χ4v) is 1.88. The van der Waals surface area contributed by atoms with Crippen LogP contribution in [0.1, 0.15) is 36.2 Å². The Morgan fingerprint density at radius 3 is 2.48 bits per heavy atom. The molecule has 4 heteroatoms. The van der Waals surface area contributed by atoms with Crippen molar-refractivity contribution >= 4 is 12.1 Å². The van der Waals surface area contributed by atoms with Gasteiger partial charge in [0.15, 0.2) is 0 Å². The van der Waals surface area contributed by atoms with E-state index in [4.69, 9.17) is 4.74 Å². The molecule has 0 aromatic heterocycles. The molecule has 2 aromatic carbocycles. The Morgan fingerprint density at radius 1 is 1.13 bits per heavy atom. The zero-order valence-electron chi connectivity index (χ0n) is 13.5. The van der Waals surface area contributed by atoms with Crippen LogP contribution in [0.25, 0.3) is 0 Å². The van der Waals surface area contributed by atoms with Gasteiger partial charge in [-0.3, -0.25) is 4.79 Å². The summed E-state index contributed by atoms with van der Waals surface area (Å²) in [5.74, 6) is 1.25. The van der Waals surface area contributed by atoms with Gasteiger partial charge in [0.1, 0.15) is 5.75 Å². The molecule has 0 saturated heterocycles. The number of rotatable bonds is 7. The van der Waals surface area contributed by atoms with Crippen LogP contribution in [0.15, 0.2) is 59.7 Å². The SMILES string of the molecule is CC(C)CCOc1ccc(/C=N\NC(=O)c2ccccc2)cc1. The molecule has 1 amide bonds. The van der Waals surface area contributed by atoms with E-state index >= 15 is 0 Å². The van der Waals surface area contributed by atoms with E-state index in [1.54, 1.807) is 18.3 Å². The van der Waals surface area contributed by atoms with Crippen LogP contribution in [-0.2, 0) is 0 Å². The van der Waals surface area contributed by atoms with E-state index in [0.29, 0.717) is 11.5 Å². The van der Waals surface area contributed by atoms with Gasteiger partial charge in [0.05, 0.1) is 12.8 Å². The highest BCUT2D eigenvalue weighted by molar-refractivity contribution is 5.94. The minimum atomic E-state index is -0.226. The molecule has 0 saturated carbocycles. The first-order valence-corrected chi connectivity index (χ1v) is 7.76. The molecule has 0 spiro atoms. The molecule has 2 aromatic rings. The van der Waals surface area contributed by atoms with Crippen molar-refractivity contribution in [2.45, 2.75) is 20.3 Å². The van der Waals surface area contributed by atoms with Crippen molar-refractivity contribution in [2.75, 3.05) is 6.61 Å². The van der Waals surface area contributed by atoms with Crippen molar-refractivity contribution in [1.82, 2.24) is 5.43 Å². The zero-order chi connectivity index (χ0) is 16.5. The first-order chi connectivity index (χ1) is 11.1. The van der Waals surface area contributed by atoms with E-state index in [2.05, 4.69) is 24.4 Å². The van der Waals surface area contributed by atoms with Gasteiger partial charge in [0.2, 0.25) is 0 Å². The number of nitrogens with one attached hydrogen (secondary N) is 1. The smallest absolute Gasteiger partial charge is 0.271 e. The summed E-state index contributed by atoms with van der Waals surface area (Å²) in [4.78, 5) is 11.8. The molecule has 0 radical (unpaired) electrons. The van der Waals surface area contributed by atoms with Crippen molar-refractivity contribution in [2.24, 2.45) is 11.0 Å². The quantitative estimate of drug-likeness (QED) is 0.623. The van der Waals surface area contributed by atoms with E-state index < -0.39 is 0 Å². The molecule has 0 aliphatic rings. The maximum absolute atomic E-state index is 11.8. The summed E-state index contributed by atoms with van der Waals surface area (Å²) < 4.78 is 5.66. The highest BCUT2D eigenvalue weighted by Gasteiger charge is 2.01. The van der Waals surface area contributed by atoms with E-state index in [9.17, 15) is 4.79 Å². The Kier molecular flexibility index (Phi) is 6.36. The monoisotopic (exact) mass is 310 g/mol. The number of carbonyl (C=O) groups excluding carboxylic acids is 1. The lowest BCUT2D eigenvalue weighted by molar-refractivity contribution is 0.0955. The van der Waals surface area contributed by atoms with Crippen molar-refractivity contribution < 1.29 is 9.53 Å². The Bertz CT molecular complexity index is 634. The number of benzene rings is 2. The van der Waals surface area contributed by atoms with Gasteiger partial charge in [-0.25, -0.2) is 5.43 Å². The number of carbonyl (C=O) groups is 1. The summed E-state index contributed by atoms with van der Waals surface area (Å²) in [6.07, 6.45) is 2.65. The van der Waals surface area contributed by atoms with Crippen LogP contribution in [0, 0.1) is 5.92 Å². The van der Waals surface area contributed by atoms with Gasteiger partial charge >= 0.3 is 0 Å². The molecule has 0 heterocycles. The van der Waals surface area contributed by atoms with Crippen molar-refractivity contribution in [3.05, 3.63) is 65.7 Å². The predicted molar refractivity (Wildman–Crippen MR) is 92.9 cm³/mol. The molecule has 0 aliphatic heterocycles. The fourth-order valence-electron chi connectivity index (χ4n) is 1.88. The van der Waals surface area contributed by atoms with Gasteiger partial charge in [-0.2, -0.15) is 5.10 Å². The highest BCUT2D eigenvalue weighted by atomic mass is 16.5. The first-order valence-electron chi connectivity index (χ1n) is 7.76. The summed E-state index contributed by atoms with van der Waals surface area (Å²) >= 11 is 0. The Hall–Kier alpha value is -2.62. The summed E-state index contributed by atoms with van der Waals surface area (Å²) in [6, 6.07) is 16.6. The lowest BCUT2D eigenvalue weighted by atomic mass is 10.1. The third kappa shape index (κ3) is 5.94. The number of hydrogen-bond donors (Lipinski definition) is 1. The van der Waals surface area contributed by atoms with E-state index in [1.165, 1.54) is 0 Å². The molecule has 1 N–H and O–H groups in total. The molecule has 0 fully saturated rings. The van der Waals surface area contributed by atoms with E-state index in [1.807, 2.05) is 42.5 Å². The fraction of sp³-hybridized carbons (Fsp3) is 0.263. The summed E-state index contributed by atoms with van der Waals surface area (Å²) in [7, 11) is 0. The van der Waals surface area contributed by atoms with Crippen LogP contribution < -0.4 is 10.2 Å². The standard InChI is InChI=1S/C19H22N2O2/c1-15(2)12-13-23-18-10-8-16(9-11-18)14-20-21-19(22)17-6-4-3-5-7-17/h3-11,14-15H,12-13H2,1-2H3,(H,21,22)/b20-14-. The maximum Gasteiger partial charge on any atom is 0.271 e. The Balaban J connectivity index is 1.82. The highest BCUT2D eigenvalue weighted by Crippen LogP contribution is 2.12. The third-order valence-electron chi connectivity index (χ3n) is 3.26. The van der Waals surface area contributed by atoms with Crippen LogP contribution in [0.5, 0.6) is 5.75 Å². The average Bonchev–Trinajstić information content (AvgIpc) is 2.57. The second-order valence-corrected chi connectivity index (χ2v) is 5.67. The summed E-state index contributed by atoms with van der Waals surface area (Å²) in [5.41, 5.74) is 3.99. The Morgan fingerprint density at radius 2 is 1.83 bits per heavy atom. The van der Waals surface area contributed by atoms with Gasteiger partial charge in [-0.05, 0) is 54.3 Å². The predicted octanol–water partition coefficient (Wildman–Crippen LogP) is 3.88. The molecule has 2 rings (SSSR count). The molecule has 0 bridgehead atoms. The molecule has 0 unspecified atom stereocenters. The second kappa shape index (κ2) is 8.73. The van der Waals surface area contributed by atoms with Gasteiger partial charge in [-0.15, -0.1) is 0 Å². The molecule has 120 valence electrons. The molecule has 4 nitrogen and oxygen atoms in total. The van der Waals surface area contributed by atoms with Gasteiger partial charge in [0.25, 0.3) is 5.91 Å². The number of hydrazone groups is 1. The topological polar surface area (TPSA) is 50.7 Å². The van der Waals surface area contributed by atoms with Gasteiger partial charge < -0.3 is 4.74 Å². The van der Waals surface area contributed by atoms with Crippen LogP contribution in [0.3, 0.4) is 0 Å².